The Morgan fingerprint density at radius 3 is 2.33 bits per heavy atom. The Labute approximate surface area is 235 Å². The van der Waals surface area contributed by atoms with Gasteiger partial charge in [-0.25, -0.2) is 5.43 Å². The topological polar surface area (TPSA) is 127 Å². The number of carbonyl (C=O) groups is 3. The van der Waals surface area contributed by atoms with E-state index in [1.807, 2.05) is 6.07 Å². The number of nitrogens with zero attached hydrogens (tertiary/aromatic N) is 1. The highest BCUT2D eigenvalue weighted by atomic mass is 35.5. The maximum atomic E-state index is 12.1. The molecule has 10 nitrogen and oxygen atoms in total. The van der Waals surface area contributed by atoms with Gasteiger partial charge in [0.05, 0.1) is 31.1 Å². The number of carbonyl (C=O) groups excluding carboxylic acids is 3. The number of rotatable bonds is 11. The van der Waals surface area contributed by atoms with Crippen molar-refractivity contribution in [2.75, 3.05) is 32.7 Å². The predicted octanol–water partition coefficient (Wildman–Crippen LogP) is 3.84. The predicted molar refractivity (Wildman–Crippen MR) is 149 cm³/mol. The molecule has 0 saturated carbocycles. The molecule has 0 aliphatic rings. The monoisotopic (exact) mass is 572 g/mol. The number of halogens is 2. The number of hydrogen-bond donors (Lipinski definition) is 3. The van der Waals surface area contributed by atoms with Crippen molar-refractivity contribution < 1.29 is 28.6 Å². The molecule has 3 amide bonds. The fraction of sp³-hybridized carbons (Fsp3) is 0.185. The van der Waals surface area contributed by atoms with Gasteiger partial charge in [-0.05, 0) is 72.1 Å². The lowest BCUT2D eigenvalue weighted by Crippen LogP contribution is -2.38. The van der Waals surface area contributed by atoms with Crippen LogP contribution in [0.15, 0.2) is 65.8 Å². The highest BCUT2D eigenvalue weighted by Crippen LogP contribution is 2.27. The molecule has 3 rings (SSSR count). The lowest BCUT2D eigenvalue weighted by Gasteiger charge is -2.10. The molecule has 0 bridgehead atoms. The second kappa shape index (κ2) is 14.6. The van der Waals surface area contributed by atoms with Crippen LogP contribution in [0.1, 0.15) is 11.1 Å². The number of amides is 3. The van der Waals surface area contributed by atoms with Crippen molar-refractivity contribution in [3.05, 3.63) is 81.8 Å². The van der Waals surface area contributed by atoms with E-state index >= 15 is 0 Å². The van der Waals surface area contributed by atoms with Gasteiger partial charge in [0.2, 0.25) is 0 Å². The summed E-state index contributed by atoms with van der Waals surface area (Å²) in [6.07, 6.45) is 1.86. The number of benzene rings is 3. The lowest BCUT2D eigenvalue weighted by atomic mass is 10.1. The summed E-state index contributed by atoms with van der Waals surface area (Å²) in [6, 6.07) is 16.8. The van der Waals surface area contributed by atoms with E-state index in [1.54, 1.807) is 62.8 Å². The number of anilines is 1. The highest BCUT2D eigenvalue weighted by Gasteiger charge is 2.12. The quantitative estimate of drug-likeness (QED) is 0.182. The molecule has 39 heavy (non-hydrogen) atoms. The molecule has 3 aromatic rings. The Morgan fingerprint density at radius 1 is 0.897 bits per heavy atom. The summed E-state index contributed by atoms with van der Waals surface area (Å²) in [7, 11) is 3.09. The molecule has 0 atom stereocenters. The molecule has 0 radical (unpaired) electrons. The average molecular weight is 573 g/mol. The van der Waals surface area contributed by atoms with Gasteiger partial charge in [0.1, 0.15) is 5.75 Å². The van der Waals surface area contributed by atoms with E-state index in [0.717, 1.165) is 5.56 Å². The second-order valence-electron chi connectivity index (χ2n) is 7.92. The van der Waals surface area contributed by atoms with Crippen LogP contribution in [-0.2, 0) is 20.8 Å². The van der Waals surface area contributed by atoms with Crippen LogP contribution in [0.4, 0.5) is 5.69 Å². The van der Waals surface area contributed by atoms with Gasteiger partial charge in [-0.2, -0.15) is 5.10 Å². The molecule has 0 heterocycles. The molecule has 12 heteroatoms. The van der Waals surface area contributed by atoms with Crippen molar-refractivity contribution >= 4 is 52.8 Å². The zero-order chi connectivity index (χ0) is 28.2. The molecule has 0 spiro atoms. The van der Waals surface area contributed by atoms with Gasteiger partial charge >= 0.3 is 11.8 Å². The molecule has 0 unspecified atom stereocenters. The van der Waals surface area contributed by atoms with Crippen LogP contribution in [0.3, 0.4) is 0 Å². The SMILES string of the molecule is COc1ccc(CCNC(=O)C(=O)N/N=C\c2ccc(OCC(=O)Nc3ccc(Cl)cc3Cl)cc2)cc1OC. The minimum Gasteiger partial charge on any atom is -0.493 e. The molecular weight excluding hydrogens is 547 g/mol. The maximum Gasteiger partial charge on any atom is 0.329 e. The van der Waals surface area contributed by atoms with Crippen LogP contribution in [0.2, 0.25) is 10.0 Å². The van der Waals surface area contributed by atoms with Crippen molar-refractivity contribution in [1.29, 1.82) is 0 Å². The third-order valence-corrected chi connectivity index (χ3v) is 5.74. The Morgan fingerprint density at radius 2 is 1.64 bits per heavy atom. The van der Waals surface area contributed by atoms with Crippen LogP contribution >= 0.6 is 23.2 Å². The van der Waals surface area contributed by atoms with Crippen molar-refractivity contribution in [2.24, 2.45) is 5.10 Å². The normalized spacial score (nSPS) is 10.6. The molecule has 204 valence electrons. The molecule has 0 aliphatic heterocycles. The van der Waals surface area contributed by atoms with E-state index in [2.05, 4.69) is 21.2 Å². The summed E-state index contributed by atoms with van der Waals surface area (Å²) in [5.74, 6) is -0.470. The molecular formula is C27H26Cl2N4O6. The second-order valence-corrected chi connectivity index (χ2v) is 8.77. The first-order valence-corrected chi connectivity index (χ1v) is 12.3. The number of hydrogen-bond acceptors (Lipinski definition) is 7. The first-order chi connectivity index (χ1) is 18.8. The third kappa shape index (κ3) is 9.20. The number of nitrogens with one attached hydrogen (secondary N) is 3. The van der Waals surface area contributed by atoms with Crippen LogP contribution in [-0.4, -0.2) is 51.3 Å². The molecule has 0 aliphatic carbocycles. The summed E-state index contributed by atoms with van der Waals surface area (Å²) in [5, 5.41) is 9.75. The van der Waals surface area contributed by atoms with Gasteiger partial charge in [0.25, 0.3) is 5.91 Å². The summed E-state index contributed by atoms with van der Waals surface area (Å²) in [6.45, 7) is 0.0151. The van der Waals surface area contributed by atoms with E-state index in [0.29, 0.717) is 45.0 Å². The number of hydrazone groups is 1. The van der Waals surface area contributed by atoms with Crippen LogP contribution in [0.25, 0.3) is 0 Å². The fourth-order valence-corrected chi connectivity index (χ4v) is 3.68. The van der Waals surface area contributed by atoms with Crippen LogP contribution in [0, 0.1) is 0 Å². The molecule has 0 aromatic heterocycles. The van der Waals surface area contributed by atoms with E-state index in [1.165, 1.54) is 12.3 Å². The fourth-order valence-electron chi connectivity index (χ4n) is 3.23. The Balaban J connectivity index is 1.38. The summed E-state index contributed by atoms with van der Waals surface area (Å²) in [5.41, 5.74) is 4.14. The standard InChI is InChI=1S/C27H26Cl2N4O6/c1-37-23-10-5-17(13-24(23)38-2)11-12-30-26(35)27(36)33-31-15-18-3-7-20(8-4-18)39-16-25(34)32-22-9-6-19(28)14-21(22)29/h3-10,13-15H,11-12,16H2,1-2H3,(H,30,35)(H,32,34)(H,33,36)/b31-15-. The van der Waals surface area contributed by atoms with Gasteiger partial charge in [-0.3, -0.25) is 14.4 Å². The highest BCUT2D eigenvalue weighted by molar-refractivity contribution is 6.36. The van der Waals surface area contributed by atoms with Gasteiger partial charge in [-0.15, -0.1) is 0 Å². The van der Waals surface area contributed by atoms with Gasteiger partial charge in [-0.1, -0.05) is 29.3 Å². The number of ether oxygens (including phenoxy) is 3. The molecule has 0 fully saturated rings. The van der Waals surface area contributed by atoms with Crippen LogP contribution in [0.5, 0.6) is 17.2 Å². The zero-order valence-electron chi connectivity index (χ0n) is 21.1. The summed E-state index contributed by atoms with van der Waals surface area (Å²) >= 11 is 11.9. The zero-order valence-corrected chi connectivity index (χ0v) is 22.6. The van der Waals surface area contributed by atoms with Gasteiger partial charge in [0, 0.05) is 11.6 Å². The average Bonchev–Trinajstić information content (AvgIpc) is 2.93. The molecule has 3 aromatic carbocycles. The first-order valence-electron chi connectivity index (χ1n) is 11.6. The smallest absolute Gasteiger partial charge is 0.329 e. The third-order valence-electron chi connectivity index (χ3n) is 5.19. The van der Waals surface area contributed by atoms with Crippen molar-refractivity contribution in [3.63, 3.8) is 0 Å². The maximum absolute atomic E-state index is 12.1. The Bertz CT molecular complexity index is 1350. The first kappa shape index (κ1) is 29.3. The Kier molecular flexibility index (Phi) is 11.0. The minimum atomic E-state index is -0.898. The minimum absolute atomic E-state index is 0.233. The van der Waals surface area contributed by atoms with Crippen molar-refractivity contribution in [3.8, 4) is 17.2 Å². The van der Waals surface area contributed by atoms with E-state index < -0.39 is 17.7 Å². The lowest BCUT2D eigenvalue weighted by molar-refractivity contribution is -0.139. The van der Waals surface area contributed by atoms with Crippen molar-refractivity contribution in [2.45, 2.75) is 6.42 Å². The van der Waals surface area contributed by atoms with Crippen LogP contribution < -0.4 is 30.3 Å². The molecule has 3 N–H and O–H groups in total. The van der Waals surface area contributed by atoms with Gasteiger partial charge < -0.3 is 24.8 Å². The van der Waals surface area contributed by atoms with Crippen molar-refractivity contribution in [1.82, 2.24) is 10.7 Å². The van der Waals surface area contributed by atoms with E-state index in [4.69, 9.17) is 37.4 Å². The summed E-state index contributed by atoms with van der Waals surface area (Å²) in [4.78, 5) is 36.1. The Hall–Kier alpha value is -4.28. The summed E-state index contributed by atoms with van der Waals surface area (Å²) < 4.78 is 15.9. The molecule has 0 saturated heterocycles. The van der Waals surface area contributed by atoms with E-state index in [9.17, 15) is 14.4 Å². The van der Waals surface area contributed by atoms with E-state index in [-0.39, 0.29) is 13.2 Å². The van der Waals surface area contributed by atoms with Gasteiger partial charge in [0.15, 0.2) is 18.1 Å². The largest absolute Gasteiger partial charge is 0.493 e. The number of methoxy groups -OCH3 is 2.